The summed E-state index contributed by atoms with van der Waals surface area (Å²) in [6.45, 7) is 21.3. The summed E-state index contributed by atoms with van der Waals surface area (Å²) in [6.07, 6.45) is 2.70. The highest BCUT2D eigenvalue weighted by molar-refractivity contribution is 6.00. The van der Waals surface area contributed by atoms with Gasteiger partial charge in [0, 0.05) is 36.7 Å². The molecule has 2 heterocycles. The van der Waals surface area contributed by atoms with Crippen LogP contribution >= 0.6 is 0 Å². The Labute approximate surface area is 403 Å². The number of benzene rings is 3. The lowest BCUT2D eigenvalue weighted by atomic mass is 9.85. The zero-order chi connectivity index (χ0) is 50.1. The number of anilines is 3. The molecular formula is C53H75N7O8. The third kappa shape index (κ3) is 13.3. The van der Waals surface area contributed by atoms with Crippen molar-refractivity contribution < 1.29 is 38.2 Å². The number of alkyl carbamates (subject to hydrolysis) is 2. The molecule has 3 aromatic carbocycles. The van der Waals surface area contributed by atoms with Gasteiger partial charge in [-0.15, -0.1) is 0 Å². The molecule has 15 nitrogen and oxygen atoms in total. The topological polar surface area (TPSA) is 179 Å². The first-order valence-electron chi connectivity index (χ1n) is 23.9. The minimum Gasteiger partial charge on any atom is -0.453 e. The molecule has 15 heteroatoms. The van der Waals surface area contributed by atoms with Crippen LogP contribution in [0, 0.1) is 10.8 Å². The number of carbonyl (C=O) groups excluding carboxylic acids is 6. The minimum absolute atomic E-state index is 0.0270. The van der Waals surface area contributed by atoms with E-state index in [1.807, 2.05) is 90.1 Å². The van der Waals surface area contributed by atoms with Gasteiger partial charge in [0.25, 0.3) is 0 Å². The van der Waals surface area contributed by atoms with E-state index in [0.717, 1.165) is 29.7 Å². The van der Waals surface area contributed by atoms with Gasteiger partial charge in [-0.25, -0.2) is 9.59 Å². The maximum atomic E-state index is 13.8. The minimum atomic E-state index is -0.872. The van der Waals surface area contributed by atoms with Gasteiger partial charge >= 0.3 is 12.2 Å². The zero-order valence-electron chi connectivity index (χ0n) is 42.3. The van der Waals surface area contributed by atoms with Crippen LogP contribution in [-0.2, 0) is 40.6 Å². The third-order valence-electron chi connectivity index (χ3n) is 12.9. The third-order valence-corrected chi connectivity index (χ3v) is 12.9. The summed E-state index contributed by atoms with van der Waals surface area (Å²) in [7, 11) is 2.51. The molecule has 68 heavy (non-hydrogen) atoms. The highest BCUT2D eigenvalue weighted by Crippen LogP contribution is 2.36. The van der Waals surface area contributed by atoms with Crippen molar-refractivity contribution in [2.75, 3.05) is 42.8 Å². The lowest BCUT2D eigenvalue weighted by Gasteiger charge is -2.35. The SMILES string of the molecule is CCC[C@@H](c1ccc(NC(=O)[C@@H]2CCCN2C(=O)[C@@H](NC(=O)OC)C(C)(C)C)cc1)N(Cc1ccc(NC(=O)[C@@H]2CCCN2C(=O)[C@@H](NC(=O)OC)C(C)(C)C)cc1)c1ccc(C(C)(C)C)cc1. The summed E-state index contributed by atoms with van der Waals surface area (Å²) < 4.78 is 9.58. The number of nitrogens with zero attached hydrogens (tertiary/aromatic N) is 3. The molecule has 370 valence electrons. The molecular weight excluding hydrogens is 863 g/mol. The fourth-order valence-corrected chi connectivity index (χ4v) is 9.03. The molecule has 2 aliphatic heterocycles. The number of amides is 6. The van der Waals surface area contributed by atoms with Gasteiger partial charge in [-0.1, -0.05) is 112 Å². The van der Waals surface area contributed by atoms with Crippen molar-refractivity contribution in [3.63, 3.8) is 0 Å². The van der Waals surface area contributed by atoms with Crippen LogP contribution in [0.4, 0.5) is 26.7 Å². The van der Waals surface area contributed by atoms with Gasteiger partial charge in [0.2, 0.25) is 23.6 Å². The highest BCUT2D eigenvalue weighted by Gasteiger charge is 2.43. The quantitative estimate of drug-likeness (QED) is 0.116. The largest absolute Gasteiger partial charge is 0.453 e. The standard InChI is InChI=1S/C53H75N7O8/c1-13-16-40(35-21-27-38(28-22-35)55-46(62)42-18-15-32-59(42)48(64)44(53(8,9)10)57-50(66)68-12)60(39-29-23-36(24-30-39)51(2,3)4)33-34-19-25-37(26-20-34)54-45(61)41-17-14-31-58(41)47(63)43(52(5,6)7)56-49(65)67-11/h19-30,40-44H,13-18,31-33H2,1-12H3,(H,54,61)(H,55,62)(H,56,65)(H,57,66)/t40-,41-,42-,43+,44+/m0/s1. The zero-order valence-corrected chi connectivity index (χ0v) is 42.3. The number of likely N-dealkylation sites (tertiary alicyclic amines) is 2. The summed E-state index contributed by atoms with van der Waals surface area (Å²) in [4.78, 5) is 85.0. The molecule has 4 N–H and O–H groups in total. The number of ether oxygens (including phenoxy) is 2. The molecule has 2 aliphatic rings. The number of rotatable bonds is 15. The van der Waals surface area contributed by atoms with E-state index in [1.54, 1.807) is 9.80 Å². The van der Waals surface area contributed by atoms with Crippen molar-refractivity contribution in [1.29, 1.82) is 0 Å². The molecule has 0 bridgehead atoms. The maximum Gasteiger partial charge on any atom is 0.407 e. The smallest absolute Gasteiger partial charge is 0.407 e. The second-order valence-corrected chi connectivity index (χ2v) is 21.3. The number of nitrogens with one attached hydrogen (secondary N) is 4. The Morgan fingerprint density at radius 1 is 0.632 bits per heavy atom. The summed E-state index contributed by atoms with van der Waals surface area (Å²) in [5.41, 5.74) is 4.34. The van der Waals surface area contributed by atoms with Gasteiger partial charge in [-0.3, -0.25) is 19.2 Å². The molecule has 0 aliphatic carbocycles. The van der Waals surface area contributed by atoms with E-state index in [1.165, 1.54) is 19.8 Å². The predicted octanol–water partition coefficient (Wildman–Crippen LogP) is 8.93. The first-order valence-corrected chi connectivity index (χ1v) is 23.9. The fraction of sp³-hybridized carbons (Fsp3) is 0.547. The molecule has 0 radical (unpaired) electrons. The van der Waals surface area contributed by atoms with Crippen LogP contribution in [0.5, 0.6) is 0 Å². The van der Waals surface area contributed by atoms with Gasteiger partial charge in [-0.2, -0.15) is 0 Å². The van der Waals surface area contributed by atoms with Gasteiger partial charge in [-0.05, 0) is 101 Å². The van der Waals surface area contributed by atoms with Gasteiger partial charge in [0.15, 0.2) is 0 Å². The van der Waals surface area contributed by atoms with Crippen LogP contribution in [-0.4, -0.2) is 97.1 Å². The maximum absolute atomic E-state index is 13.8. The fourth-order valence-electron chi connectivity index (χ4n) is 9.03. The number of carbonyl (C=O) groups is 6. The lowest BCUT2D eigenvalue weighted by Crippen LogP contribution is -2.57. The van der Waals surface area contributed by atoms with E-state index in [4.69, 9.17) is 9.47 Å². The summed E-state index contributed by atoms with van der Waals surface area (Å²) in [5.74, 6) is -1.21. The van der Waals surface area contributed by atoms with Gasteiger partial charge in [0.1, 0.15) is 24.2 Å². The van der Waals surface area contributed by atoms with Crippen LogP contribution in [0.2, 0.25) is 0 Å². The Kier molecular flexibility index (Phi) is 17.4. The molecule has 3 aromatic rings. The van der Waals surface area contributed by atoms with Crippen LogP contribution < -0.4 is 26.2 Å². The van der Waals surface area contributed by atoms with E-state index >= 15 is 0 Å². The molecule has 0 saturated carbocycles. The number of methoxy groups -OCH3 is 2. The van der Waals surface area contributed by atoms with Crippen molar-refractivity contribution in [3.8, 4) is 0 Å². The Hall–Kier alpha value is -6.12. The molecule has 0 aromatic heterocycles. The Bertz CT molecular complexity index is 2230. The van der Waals surface area contributed by atoms with Crippen LogP contribution in [0.1, 0.15) is 130 Å². The van der Waals surface area contributed by atoms with Crippen LogP contribution in [0.15, 0.2) is 72.8 Å². The molecule has 5 atom stereocenters. The first kappa shape index (κ1) is 52.8. The van der Waals surface area contributed by atoms with E-state index < -0.39 is 47.2 Å². The average Bonchev–Trinajstić information content (AvgIpc) is 4.00. The molecule has 2 saturated heterocycles. The summed E-state index contributed by atoms with van der Waals surface area (Å²) >= 11 is 0. The van der Waals surface area contributed by atoms with Crippen LogP contribution in [0.3, 0.4) is 0 Å². The molecule has 0 spiro atoms. The molecule has 2 fully saturated rings. The van der Waals surface area contributed by atoms with Crippen molar-refractivity contribution in [3.05, 3.63) is 89.5 Å². The predicted molar refractivity (Wildman–Crippen MR) is 266 cm³/mol. The highest BCUT2D eigenvalue weighted by atomic mass is 16.5. The summed E-state index contributed by atoms with van der Waals surface area (Å²) in [6, 6.07) is 21.2. The molecule has 5 rings (SSSR count). The van der Waals surface area contributed by atoms with Crippen molar-refractivity contribution in [1.82, 2.24) is 20.4 Å². The second kappa shape index (κ2) is 22.3. The first-order chi connectivity index (χ1) is 32.0. The Morgan fingerprint density at radius 3 is 1.44 bits per heavy atom. The van der Waals surface area contributed by atoms with Gasteiger partial charge in [0.05, 0.1) is 20.3 Å². The summed E-state index contributed by atoms with van der Waals surface area (Å²) in [5, 5.41) is 11.4. The van der Waals surface area contributed by atoms with E-state index in [9.17, 15) is 28.8 Å². The van der Waals surface area contributed by atoms with Crippen molar-refractivity contribution in [2.24, 2.45) is 10.8 Å². The van der Waals surface area contributed by atoms with Gasteiger partial charge < -0.3 is 45.4 Å². The molecule has 6 amide bonds. The number of hydrogen-bond donors (Lipinski definition) is 4. The number of hydrogen-bond acceptors (Lipinski definition) is 9. The van der Waals surface area contributed by atoms with E-state index in [0.29, 0.717) is 56.7 Å². The van der Waals surface area contributed by atoms with E-state index in [-0.39, 0.29) is 35.1 Å². The van der Waals surface area contributed by atoms with Crippen molar-refractivity contribution in [2.45, 2.75) is 150 Å². The lowest BCUT2D eigenvalue weighted by molar-refractivity contribution is -0.140. The molecule has 0 unspecified atom stereocenters. The normalized spacial score (nSPS) is 17.6. The second-order valence-electron chi connectivity index (χ2n) is 21.3. The Balaban J connectivity index is 1.34. The van der Waals surface area contributed by atoms with E-state index in [2.05, 4.69) is 78.1 Å². The average molecular weight is 938 g/mol. The Morgan fingerprint density at radius 2 is 1.06 bits per heavy atom. The monoisotopic (exact) mass is 938 g/mol. The van der Waals surface area contributed by atoms with Crippen molar-refractivity contribution >= 4 is 52.9 Å². The van der Waals surface area contributed by atoms with Crippen LogP contribution in [0.25, 0.3) is 0 Å².